The fraction of sp³-hybridized carbons (Fsp3) is 0.154. The molecule has 0 fully saturated rings. The first-order chi connectivity index (χ1) is 8.78. The van der Waals surface area contributed by atoms with Crippen LogP contribution < -0.4 is 0 Å². The van der Waals surface area contributed by atoms with E-state index in [1.165, 1.54) is 12.1 Å². The lowest BCUT2D eigenvalue weighted by Gasteiger charge is -2.09. The molecule has 19 heavy (non-hydrogen) atoms. The lowest BCUT2D eigenvalue weighted by molar-refractivity contribution is 0.111. The Balaban J connectivity index is 2.33. The maximum atomic E-state index is 12.8. The number of hydrogen-bond acceptors (Lipinski definition) is 2. The van der Waals surface area contributed by atoms with Gasteiger partial charge in [0, 0.05) is 0 Å². The van der Waals surface area contributed by atoms with Gasteiger partial charge in [-0.2, -0.15) is 21.6 Å². The molecule has 1 aliphatic carbocycles. The average molecular weight is 283 g/mol. The van der Waals surface area contributed by atoms with E-state index in [4.69, 9.17) is 0 Å². The summed E-state index contributed by atoms with van der Waals surface area (Å²) in [6.07, 6.45) is 3.20. The third-order valence-corrected chi connectivity index (χ3v) is 3.82. The monoisotopic (exact) mass is 283 g/mol. The van der Waals surface area contributed by atoms with Gasteiger partial charge in [-0.05, 0) is 43.4 Å². The number of rotatable bonds is 2. The smallest absolute Gasteiger partial charge is 0.199 e. The van der Waals surface area contributed by atoms with Gasteiger partial charge >= 0.3 is 0 Å². The number of benzene rings is 1. The molecule has 3 nitrogen and oxygen atoms in total. The summed E-state index contributed by atoms with van der Waals surface area (Å²) >= 11 is 0. The van der Waals surface area contributed by atoms with E-state index in [2.05, 4.69) is 4.40 Å². The van der Waals surface area contributed by atoms with Crippen LogP contribution >= 0.6 is 0 Å². The second-order valence-corrected chi connectivity index (χ2v) is 5.75. The van der Waals surface area contributed by atoms with Gasteiger partial charge < -0.3 is 0 Å². The predicted octanol–water partition coefficient (Wildman–Crippen LogP) is 2.89. The van der Waals surface area contributed by atoms with E-state index >= 15 is 0 Å². The van der Waals surface area contributed by atoms with Crippen LogP contribution in [0.2, 0.25) is 0 Å². The van der Waals surface area contributed by atoms with Gasteiger partial charge in [0.15, 0.2) is 0 Å². The van der Waals surface area contributed by atoms with Crippen molar-refractivity contribution in [2.45, 2.75) is 17.7 Å². The number of aryl methyl sites for hydroxylation is 1. The second kappa shape index (κ2) is 4.70. The van der Waals surface area contributed by atoms with Crippen molar-refractivity contribution < 1.29 is 17.2 Å². The zero-order valence-corrected chi connectivity index (χ0v) is 10.9. The minimum Gasteiger partial charge on any atom is -0.199 e. The largest absolute Gasteiger partial charge is 0.285 e. The summed E-state index contributed by atoms with van der Waals surface area (Å²) in [5.41, 5.74) is 0.898. The molecule has 0 bridgehead atoms. The number of sulfonamides is 1. The molecule has 0 unspecified atom stereocenters. The van der Waals surface area contributed by atoms with Crippen LogP contribution in [0.25, 0.3) is 0 Å². The molecule has 0 N–H and O–H groups in total. The van der Waals surface area contributed by atoms with E-state index in [0.717, 1.165) is 17.7 Å². The van der Waals surface area contributed by atoms with Crippen LogP contribution in [0.5, 0.6) is 0 Å². The zero-order valence-electron chi connectivity index (χ0n) is 10.0. The summed E-state index contributed by atoms with van der Waals surface area (Å²) in [6, 6.07) is 6.15. The highest BCUT2D eigenvalue weighted by atomic mass is 32.2. The zero-order chi connectivity index (χ0) is 14.1. The molecule has 1 aliphatic rings. The van der Waals surface area contributed by atoms with Crippen molar-refractivity contribution in [1.82, 2.24) is 0 Å². The molecule has 0 atom stereocenters. The SMILES string of the molecule is Cc1ccc(S(=O)(=O)N=C2C=CC(F)(F)C=C2)cc1. The van der Waals surface area contributed by atoms with Crippen molar-refractivity contribution in [3.8, 4) is 0 Å². The van der Waals surface area contributed by atoms with Crippen molar-refractivity contribution >= 4 is 15.7 Å². The summed E-state index contributed by atoms with van der Waals surface area (Å²) in [4.78, 5) is 0.0322. The molecule has 0 radical (unpaired) electrons. The standard InChI is InChI=1S/C13H11F2NO2S/c1-10-2-4-12(5-3-10)19(17,18)16-11-6-8-13(14,15)9-7-11/h2-9H,1H3. The maximum Gasteiger partial charge on any atom is 0.285 e. The van der Waals surface area contributed by atoms with Crippen molar-refractivity contribution in [2.24, 2.45) is 4.40 Å². The third-order valence-electron chi connectivity index (χ3n) is 2.50. The summed E-state index contributed by atoms with van der Waals surface area (Å²) < 4.78 is 53.0. The van der Waals surface area contributed by atoms with Gasteiger partial charge in [-0.3, -0.25) is 0 Å². The number of nitrogens with zero attached hydrogens (tertiary/aromatic N) is 1. The first-order valence-electron chi connectivity index (χ1n) is 5.46. The van der Waals surface area contributed by atoms with Gasteiger partial charge in [-0.25, -0.2) is 0 Å². The van der Waals surface area contributed by atoms with Crippen molar-refractivity contribution in [1.29, 1.82) is 0 Å². The van der Waals surface area contributed by atoms with Crippen LogP contribution in [0.4, 0.5) is 8.78 Å². The fourth-order valence-corrected chi connectivity index (χ4v) is 2.45. The molecule has 0 aliphatic heterocycles. The second-order valence-electron chi connectivity index (χ2n) is 4.15. The molecular formula is C13H11F2NO2S. The summed E-state index contributed by atoms with van der Waals surface area (Å²) in [6.45, 7) is 1.83. The van der Waals surface area contributed by atoms with Crippen LogP contribution in [-0.2, 0) is 10.0 Å². The highest BCUT2D eigenvalue weighted by molar-refractivity contribution is 7.90. The Morgan fingerprint density at radius 2 is 1.58 bits per heavy atom. The third kappa shape index (κ3) is 3.35. The lowest BCUT2D eigenvalue weighted by Crippen LogP contribution is -2.13. The molecule has 0 amide bonds. The summed E-state index contributed by atoms with van der Waals surface area (Å²) in [7, 11) is -3.87. The molecular weight excluding hydrogens is 272 g/mol. The summed E-state index contributed by atoms with van der Waals surface area (Å²) in [5, 5.41) is 0. The van der Waals surface area contributed by atoms with Gasteiger partial charge in [0.25, 0.3) is 15.9 Å². The van der Waals surface area contributed by atoms with Crippen molar-refractivity contribution in [3.05, 3.63) is 54.1 Å². The van der Waals surface area contributed by atoms with Crippen molar-refractivity contribution in [2.75, 3.05) is 0 Å². The van der Waals surface area contributed by atoms with Crippen LogP contribution in [-0.4, -0.2) is 20.1 Å². The van der Waals surface area contributed by atoms with Gasteiger partial charge in [0.1, 0.15) is 0 Å². The highest BCUT2D eigenvalue weighted by Gasteiger charge is 2.24. The van der Waals surface area contributed by atoms with E-state index in [1.54, 1.807) is 12.1 Å². The quantitative estimate of drug-likeness (QED) is 0.837. The minimum absolute atomic E-state index is 0.0218. The molecule has 0 heterocycles. The number of alkyl halides is 2. The van der Waals surface area contributed by atoms with Gasteiger partial charge in [-0.15, -0.1) is 0 Å². The summed E-state index contributed by atoms with van der Waals surface area (Å²) in [5.74, 6) is -3.05. The molecule has 100 valence electrons. The number of hydrogen-bond donors (Lipinski definition) is 0. The maximum absolute atomic E-state index is 12.8. The number of allylic oxidation sites excluding steroid dienone is 4. The van der Waals surface area contributed by atoms with E-state index in [9.17, 15) is 17.2 Å². The van der Waals surface area contributed by atoms with E-state index in [-0.39, 0.29) is 10.6 Å². The molecule has 6 heteroatoms. The van der Waals surface area contributed by atoms with E-state index in [1.807, 2.05) is 6.92 Å². The number of halogens is 2. The van der Waals surface area contributed by atoms with Crippen LogP contribution in [0.1, 0.15) is 5.56 Å². The van der Waals surface area contributed by atoms with Gasteiger partial charge in [0.05, 0.1) is 10.6 Å². The topological polar surface area (TPSA) is 46.5 Å². The predicted molar refractivity (Wildman–Crippen MR) is 69.0 cm³/mol. The Morgan fingerprint density at radius 3 is 2.11 bits per heavy atom. The van der Waals surface area contributed by atoms with Crippen LogP contribution in [0, 0.1) is 6.92 Å². The molecule has 0 saturated carbocycles. The first kappa shape index (κ1) is 13.6. The Kier molecular flexibility index (Phi) is 3.36. The fourth-order valence-electron chi connectivity index (χ4n) is 1.47. The Hall–Kier alpha value is -1.82. The normalized spacial score (nSPS) is 17.5. The van der Waals surface area contributed by atoms with E-state index < -0.39 is 15.9 Å². The van der Waals surface area contributed by atoms with E-state index in [0.29, 0.717) is 12.2 Å². The molecule has 0 saturated heterocycles. The average Bonchev–Trinajstić information content (AvgIpc) is 2.32. The molecule has 1 aromatic rings. The van der Waals surface area contributed by atoms with Crippen LogP contribution in [0.15, 0.2) is 57.9 Å². The first-order valence-corrected chi connectivity index (χ1v) is 6.90. The lowest BCUT2D eigenvalue weighted by atomic mass is 10.1. The minimum atomic E-state index is -3.87. The molecule has 1 aromatic carbocycles. The van der Waals surface area contributed by atoms with Crippen LogP contribution in [0.3, 0.4) is 0 Å². The molecule has 2 rings (SSSR count). The highest BCUT2D eigenvalue weighted by Crippen LogP contribution is 2.21. The Labute approximate surface area is 110 Å². The molecule has 0 aromatic heterocycles. The van der Waals surface area contributed by atoms with Gasteiger partial charge in [-0.1, -0.05) is 17.7 Å². The Morgan fingerprint density at radius 1 is 1.05 bits per heavy atom. The van der Waals surface area contributed by atoms with Crippen molar-refractivity contribution in [3.63, 3.8) is 0 Å². The van der Waals surface area contributed by atoms with Gasteiger partial charge in [0.2, 0.25) is 0 Å². The molecule has 0 spiro atoms. The Bertz CT molecular complexity index is 653.